The summed E-state index contributed by atoms with van der Waals surface area (Å²) in [6.07, 6.45) is 4.50. The van der Waals surface area contributed by atoms with Gasteiger partial charge in [-0.25, -0.2) is 9.79 Å². The Morgan fingerprint density at radius 3 is 2.78 bits per heavy atom. The quantitative estimate of drug-likeness (QED) is 0.357. The van der Waals surface area contributed by atoms with Crippen molar-refractivity contribution in [3.63, 3.8) is 0 Å². The van der Waals surface area contributed by atoms with E-state index in [4.69, 9.17) is 14.2 Å². The molecule has 134 valence electrons. The van der Waals surface area contributed by atoms with E-state index in [1.807, 2.05) is 0 Å². The van der Waals surface area contributed by atoms with Crippen molar-refractivity contribution in [2.24, 2.45) is 4.99 Å². The Morgan fingerprint density at radius 1 is 1.11 bits per heavy atom. The third-order valence-corrected chi connectivity index (χ3v) is 3.90. The summed E-state index contributed by atoms with van der Waals surface area (Å²) >= 11 is 0. The molecule has 2 heterocycles. The Bertz CT molecular complexity index is 1040. The number of hydrogen-bond acceptors (Lipinski definition) is 7. The van der Waals surface area contributed by atoms with Crippen LogP contribution in [0.2, 0.25) is 0 Å². The molecule has 0 saturated heterocycles. The molecule has 0 aromatic heterocycles. The van der Waals surface area contributed by atoms with Crippen LogP contribution in [0.25, 0.3) is 6.08 Å². The maximum atomic E-state index is 12.0. The van der Waals surface area contributed by atoms with Crippen molar-refractivity contribution in [2.45, 2.75) is 0 Å². The molecule has 2 aliphatic rings. The Labute approximate surface area is 153 Å². The first-order chi connectivity index (χ1) is 13.1. The monoisotopic (exact) mass is 364 g/mol. The molecule has 0 aliphatic carbocycles. The number of allylic oxidation sites excluding steroid dienone is 2. The van der Waals surface area contributed by atoms with Gasteiger partial charge in [-0.05, 0) is 36.4 Å². The minimum atomic E-state index is -0.602. The number of hydrogen-bond donors (Lipinski definition) is 0. The van der Waals surface area contributed by atoms with Crippen LogP contribution in [0.5, 0.6) is 11.5 Å². The van der Waals surface area contributed by atoms with Crippen LogP contribution in [0, 0.1) is 10.1 Å². The van der Waals surface area contributed by atoms with E-state index in [2.05, 4.69) is 4.99 Å². The lowest BCUT2D eigenvalue weighted by atomic mass is 10.1. The van der Waals surface area contributed by atoms with Gasteiger partial charge in [-0.3, -0.25) is 10.1 Å². The number of esters is 1. The number of carbonyl (C=O) groups excluding carboxylic acids is 1. The third kappa shape index (κ3) is 3.28. The van der Waals surface area contributed by atoms with Crippen molar-refractivity contribution in [3.05, 3.63) is 81.6 Å². The Morgan fingerprint density at radius 2 is 1.93 bits per heavy atom. The van der Waals surface area contributed by atoms with Crippen LogP contribution >= 0.6 is 0 Å². The van der Waals surface area contributed by atoms with Gasteiger partial charge in [0.2, 0.25) is 12.7 Å². The van der Waals surface area contributed by atoms with E-state index < -0.39 is 10.9 Å². The lowest BCUT2D eigenvalue weighted by Crippen LogP contribution is -2.05. The van der Waals surface area contributed by atoms with Crippen LogP contribution in [0.3, 0.4) is 0 Å². The van der Waals surface area contributed by atoms with Crippen LogP contribution < -0.4 is 9.47 Å². The Balaban J connectivity index is 1.57. The van der Waals surface area contributed by atoms with Crippen LogP contribution in [0.15, 0.2) is 65.3 Å². The fourth-order valence-corrected chi connectivity index (χ4v) is 2.61. The number of rotatable bonds is 4. The molecule has 0 bridgehead atoms. The summed E-state index contributed by atoms with van der Waals surface area (Å²) in [7, 11) is 0. The molecule has 27 heavy (non-hydrogen) atoms. The van der Waals surface area contributed by atoms with Gasteiger partial charge in [-0.15, -0.1) is 0 Å². The number of benzene rings is 2. The van der Waals surface area contributed by atoms with E-state index in [1.165, 1.54) is 24.3 Å². The average Bonchev–Trinajstić information content (AvgIpc) is 3.28. The molecule has 0 fully saturated rings. The normalized spacial score (nSPS) is 16.7. The molecule has 0 saturated carbocycles. The van der Waals surface area contributed by atoms with Gasteiger partial charge in [0.1, 0.15) is 0 Å². The molecule has 0 unspecified atom stereocenters. The molecule has 2 aromatic carbocycles. The van der Waals surface area contributed by atoms with Gasteiger partial charge in [0.05, 0.1) is 10.5 Å². The van der Waals surface area contributed by atoms with Gasteiger partial charge in [0, 0.05) is 11.6 Å². The number of cyclic esters (lactones) is 1. The number of fused-ring (bicyclic) bond motifs is 1. The highest BCUT2D eigenvalue weighted by Gasteiger charge is 2.25. The molecule has 2 aliphatic heterocycles. The molecule has 0 amide bonds. The number of para-hydroxylation sites is 1. The fraction of sp³-hybridized carbons (Fsp3) is 0.0526. The second-order valence-electron chi connectivity index (χ2n) is 5.60. The Kier molecular flexibility index (Phi) is 4.13. The van der Waals surface area contributed by atoms with Gasteiger partial charge in [-0.2, -0.15) is 0 Å². The number of ether oxygens (including phenoxy) is 3. The van der Waals surface area contributed by atoms with Crippen molar-refractivity contribution in [3.8, 4) is 11.5 Å². The van der Waals surface area contributed by atoms with Crippen LogP contribution in [-0.2, 0) is 9.53 Å². The molecule has 0 atom stereocenters. The van der Waals surface area contributed by atoms with Gasteiger partial charge in [-0.1, -0.05) is 18.2 Å². The van der Waals surface area contributed by atoms with Crippen LogP contribution in [0.1, 0.15) is 11.1 Å². The molecule has 4 rings (SSSR count). The maximum absolute atomic E-state index is 12.0. The SMILES string of the molecule is O=C1OC(c2ccc3c(c2)OCO3)=N/C1=C\C=C\c1ccccc1[N+](=O)[O-]. The highest BCUT2D eigenvalue weighted by atomic mass is 16.7. The minimum absolute atomic E-state index is 0.0225. The highest BCUT2D eigenvalue weighted by molar-refractivity contribution is 6.11. The second-order valence-corrected chi connectivity index (χ2v) is 5.60. The van der Waals surface area contributed by atoms with E-state index in [-0.39, 0.29) is 24.1 Å². The summed E-state index contributed by atoms with van der Waals surface area (Å²) in [5.41, 5.74) is 1.08. The summed E-state index contributed by atoms with van der Waals surface area (Å²) in [6.45, 7) is 0.145. The zero-order valence-corrected chi connectivity index (χ0v) is 13.8. The zero-order chi connectivity index (χ0) is 18.8. The predicted octanol–water partition coefficient (Wildman–Crippen LogP) is 3.22. The first-order valence-corrected chi connectivity index (χ1v) is 7.94. The molecule has 0 spiro atoms. The van der Waals surface area contributed by atoms with Gasteiger partial charge in [0.25, 0.3) is 5.69 Å². The second kappa shape index (κ2) is 6.75. The molecule has 8 heteroatoms. The maximum Gasteiger partial charge on any atom is 0.363 e. The summed E-state index contributed by atoms with van der Waals surface area (Å²) < 4.78 is 15.7. The number of aliphatic imine (C=N–C) groups is 1. The zero-order valence-electron chi connectivity index (χ0n) is 13.8. The molecular formula is C19H12N2O6. The number of nitro groups is 1. The van der Waals surface area contributed by atoms with Crippen molar-refractivity contribution in [1.82, 2.24) is 0 Å². The number of carbonyl (C=O) groups is 1. The molecule has 2 aromatic rings. The Hall–Kier alpha value is -3.94. The van der Waals surface area contributed by atoms with Crippen molar-refractivity contribution >= 4 is 23.6 Å². The first kappa shape index (κ1) is 16.5. The topological polar surface area (TPSA) is 100 Å². The predicted molar refractivity (Wildman–Crippen MR) is 95.4 cm³/mol. The van der Waals surface area contributed by atoms with E-state index in [9.17, 15) is 14.9 Å². The van der Waals surface area contributed by atoms with E-state index >= 15 is 0 Å². The number of nitro benzene ring substituents is 1. The van der Waals surface area contributed by atoms with Gasteiger partial charge in [0.15, 0.2) is 17.2 Å². The summed E-state index contributed by atoms with van der Waals surface area (Å²) in [5, 5.41) is 11.0. The molecular weight excluding hydrogens is 352 g/mol. The minimum Gasteiger partial charge on any atom is -0.454 e. The third-order valence-electron chi connectivity index (χ3n) is 3.90. The smallest absolute Gasteiger partial charge is 0.363 e. The van der Waals surface area contributed by atoms with E-state index in [0.29, 0.717) is 22.6 Å². The average molecular weight is 364 g/mol. The van der Waals surface area contributed by atoms with Crippen molar-refractivity contribution in [2.75, 3.05) is 6.79 Å². The lowest BCUT2D eigenvalue weighted by molar-refractivity contribution is -0.385. The van der Waals surface area contributed by atoms with Crippen LogP contribution in [0.4, 0.5) is 5.69 Å². The van der Waals surface area contributed by atoms with Crippen molar-refractivity contribution < 1.29 is 23.9 Å². The standard InChI is InChI=1S/C19H12N2O6/c22-19-14(6-3-5-12-4-1-2-7-15(12)21(23)24)20-18(27-19)13-8-9-16-17(10-13)26-11-25-16/h1-10H,11H2/b5-3+,14-6-. The van der Waals surface area contributed by atoms with E-state index in [1.54, 1.807) is 36.4 Å². The lowest BCUT2D eigenvalue weighted by Gasteiger charge is -2.01. The summed E-state index contributed by atoms with van der Waals surface area (Å²) in [5.74, 6) is 0.727. The summed E-state index contributed by atoms with van der Waals surface area (Å²) in [6, 6.07) is 11.4. The van der Waals surface area contributed by atoms with E-state index in [0.717, 1.165) is 0 Å². The van der Waals surface area contributed by atoms with Crippen molar-refractivity contribution in [1.29, 1.82) is 0 Å². The first-order valence-electron chi connectivity index (χ1n) is 7.94. The molecule has 8 nitrogen and oxygen atoms in total. The van der Waals surface area contributed by atoms with Crippen LogP contribution in [-0.4, -0.2) is 23.6 Å². The summed E-state index contributed by atoms with van der Waals surface area (Å²) in [4.78, 5) is 26.7. The fourth-order valence-electron chi connectivity index (χ4n) is 2.61. The number of nitrogens with zero attached hydrogens (tertiary/aromatic N) is 2. The molecule has 0 radical (unpaired) electrons. The highest BCUT2D eigenvalue weighted by Crippen LogP contribution is 2.33. The largest absolute Gasteiger partial charge is 0.454 e. The molecule has 0 N–H and O–H groups in total. The van der Waals surface area contributed by atoms with Gasteiger partial charge >= 0.3 is 5.97 Å². The van der Waals surface area contributed by atoms with Gasteiger partial charge < -0.3 is 14.2 Å².